The minimum Gasteiger partial charge on any atom is -0.478 e. The lowest BCUT2D eigenvalue weighted by atomic mass is 9.83. The molecule has 1 aliphatic heterocycles. The molecule has 0 radical (unpaired) electrons. The maximum atomic E-state index is 13.1. The van der Waals surface area contributed by atoms with Crippen LogP contribution < -0.4 is 0 Å². The summed E-state index contributed by atoms with van der Waals surface area (Å²) >= 11 is 1.51. The molecule has 1 N–H and O–H groups in total. The maximum Gasteiger partial charge on any atom is 0.416 e. The summed E-state index contributed by atoms with van der Waals surface area (Å²) in [4.78, 5) is 16.1. The Morgan fingerprint density at radius 1 is 1.28 bits per heavy atom. The number of aliphatic imine (C=N–C) groups is 1. The molecular formula is C18H20F3NO2S. The molecule has 0 amide bonds. The lowest BCUT2D eigenvalue weighted by Crippen LogP contribution is -2.32. The van der Waals surface area contributed by atoms with Crippen LogP contribution in [0.15, 0.2) is 40.5 Å². The van der Waals surface area contributed by atoms with Crippen LogP contribution in [0.25, 0.3) is 0 Å². The molecule has 1 heterocycles. The van der Waals surface area contributed by atoms with Crippen LogP contribution in [-0.2, 0) is 11.0 Å². The summed E-state index contributed by atoms with van der Waals surface area (Å²) in [6, 6.07) is 4.93. The minimum atomic E-state index is -4.48. The van der Waals surface area contributed by atoms with E-state index in [-0.39, 0.29) is 16.1 Å². The van der Waals surface area contributed by atoms with Crippen LogP contribution in [0.3, 0.4) is 0 Å². The smallest absolute Gasteiger partial charge is 0.416 e. The second kappa shape index (κ2) is 7.23. The Morgan fingerprint density at radius 3 is 2.44 bits per heavy atom. The van der Waals surface area contributed by atoms with E-state index in [1.807, 2.05) is 13.8 Å². The van der Waals surface area contributed by atoms with Crippen molar-refractivity contribution in [2.45, 2.75) is 50.3 Å². The number of hydrogen-bond donors (Lipinski definition) is 1. The van der Waals surface area contributed by atoms with E-state index in [0.29, 0.717) is 11.3 Å². The van der Waals surface area contributed by atoms with E-state index >= 15 is 0 Å². The highest BCUT2D eigenvalue weighted by Crippen LogP contribution is 2.43. The monoisotopic (exact) mass is 371 g/mol. The average Bonchev–Trinajstić information content (AvgIpc) is 2.48. The van der Waals surface area contributed by atoms with Crippen molar-refractivity contribution < 1.29 is 23.1 Å². The van der Waals surface area contributed by atoms with E-state index in [1.165, 1.54) is 17.8 Å². The van der Waals surface area contributed by atoms with Crippen LogP contribution in [0.1, 0.15) is 44.7 Å². The lowest BCUT2D eigenvalue weighted by molar-refractivity contribution is -0.137. The fourth-order valence-electron chi connectivity index (χ4n) is 3.01. The number of hydrogen-bond acceptors (Lipinski definition) is 3. The molecule has 1 aromatic rings. The van der Waals surface area contributed by atoms with Gasteiger partial charge in [0.1, 0.15) is 0 Å². The van der Waals surface area contributed by atoms with Crippen LogP contribution in [0.5, 0.6) is 0 Å². The first-order chi connectivity index (χ1) is 11.5. The summed E-state index contributed by atoms with van der Waals surface area (Å²) in [5, 5.41) is 9.51. The zero-order valence-corrected chi connectivity index (χ0v) is 15.2. The van der Waals surface area contributed by atoms with Gasteiger partial charge >= 0.3 is 12.1 Å². The van der Waals surface area contributed by atoms with Gasteiger partial charge in [-0.25, -0.2) is 4.79 Å². The summed E-state index contributed by atoms with van der Waals surface area (Å²) < 4.78 is 39.3. The van der Waals surface area contributed by atoms with Crippen LogP contribution >= 0.6 is 11.8 Å². The normalized spacial score (nSPS) is 21.5. The zero-order chi connectivity index (χ0) is 18.9. The Bertz CT molecular complexity index is 738. The topological polar surface area (TPSA) is 49.7 Å². The number of halogens is 3. The van der Waals surface area contributed by atoms with Crippen molar-refractivity contribution in [2.75, 3.05) is 0 Å². The van der Waals surface area contributed by atoms with Gasteiger partial charge in [-0.1, -0.05) is 32.0 Å². The third-order valence-corrected chi connectivity index (χ3v) is 5.43. The molecule has 1 aliphatic rings. The van der Waals surface area contributed by atoms with Crippen LogP contribution in [0.2, 0.25) is 0 Å². The van der Waals surface area contributed by atoms with Gasteiger partial charge in [-0.3, -0.25) is 4.99 Å². The van der Waals surface area contributed by atoms with Crippen molar-refractivity contribution in [3.8, 4) is 0 Å². The Kier molecular flexibility index (Phi) is 5.66. The number of rotatable bonds is 4. The zero-order valence-electron chi connectivity index (χ0n) is 14.4. The van der Waals surface area contributed by atoms with Gasteiger partial charge in [0.05, 0.1) is 16.4 Å². The number of aliphatic carboxylic acids is 1. The van der Waals surface area contributed by atoms with E-state index in [9.17, 15) is 23.1 Å². The van der Waals surface area contributed by atoms with Crippen molar-refractivity contribution in [1.82, 2.24) is 0 Å². The fraction of sp³-hybridized carbons (Fsp3) is 0.444. The van der Waals surface area contributed by atoms with Gasteiger partial charge in [0, 0.05) is 17.3 Å². The van der Waals surface area contributed by atoms with E-state index in [0.717, 1.165) is 17.8 Å². The minimum absolute atomic E-state index is 0.0584. The summed E-state index contributed by atoms with van der Waals surface area (Å²) in [7, 11) is 0. The predicted molar refractivity (Wildman–Crippen MR) is 94.1 cm³/mol. The number of nitrogens with zero attached hydrogens (tertiary/aromatic N) is 1. The summed E-state index contributed by atoms with van der Waals surface area (Å²) in [5.41, 5.74) is 0.694. The van der Waals surface area contributed by atoms with Crippen molar-refractivity contribution >= 4 is 23.4 Å². The SMILES string of the molecule is CC1=NC(C)=C(C(=O)O)C(c2cccc(C(F)(F)F)c2)C1SC(C)C. The predicted octanol–water partition coefficient (Wildman–Crippen LogP) is 5.13. The average molecular weight is 371 g/mol. The Balaban J connectivity index is 2.63. The van der Waals surface area contributed by atoms with Gasteiger partial charge in [0.25, 0.3) is 0 Å². The molecule has 2 atom stereocenters. The first-order valence-corrected chi connectivity index (χ1v) is 8.78. The molecule has 1 aromatic carbocycles. The van der Waals surface area contributed by atoms with Crippen LogP contribution in [-0.4, -0.2) is 27.3 Å². The van der Waals surface area contributed by atoms with E-state index < -0.39 is 23.6 Å². The van der Waals surface area contributed by atoms with Crippen molar-refractivity contribution in [1.29, 1.82) is 0 Å². The highest BCUT2D eigenvalue weighted by atomic mass is 32.2. The van der Waals surface area contributed by atoms with Gasteiger partial charge in [0.2, 0.25) is 0 Å². The largest absolute Gasteiger partial charge is 0.478 e. The maximum absolute atomic E-state index is 13.1. The molecule has 0 aromatic heterocycles. The van der Waals surface area contributed by atoms with Gasteiger partial charge in [-0.05, 0) is 30.7 Å². The molecule has 0 fully saturated rings. The Labute approximate surface area is 149 Å². The Hall–Kier alpha value is -1.76. The number of carboxylic acid groups (broad SMARTS) is 1. The molecule has 2 unspecified atom stereocenters. The number of carbonyl (C=O) groups is 1. The number of thioether (sulfide) groups is 1. The number of benzene rings is 1. The molecule has 0 saturated carbocycles. The first kappa shape index (κ1) is 19.6. The standard InChI is InChI=1S/C18H20F3NO2S/c1-9(2)25-16-11(4)22-10(3)14(17(23)24)15(16)12-6-5-7-13(8-12)18(19,20)21/h5-9,15-16H,1-4H3,(H,23,24). The van der Waals surface area contributed by atoms with E-state index in [2.05, 4.69) is 4.99 Å². The summed E-state index contributed by atoms with van der Waals surface area (Å²) in [6.45, 7) is 7.31. The quantitative estimate of drug-likeness (QED) is 0.798. The van der Waals surface area contributed by atoms with Gasteiger partial charge < -0.3 is 5.11 Å². The molecule has 0 saturated heterocycles. The third-order valence-electron chi connectivity index (χ3n) is 3.98. The molecule has 0 bridgehead atoms. The lowest BCUT2D eigenvalue weighted by Gasteiger charge is -2.33. The van der Waals surface area contributed by atoms with Crippen LogP contribution in [0, 0.1) is 0 Å². The van der Waals surface area contributed by atoms with Gasteiger partial charge in [0.15, 0.2) is 0 Å². The second-order valence-electron chi connectivity index (χ2n) is 6.26. The molecule has 0 spiro atoms. The molecule has 136 valence electrons. The summed E-state index contributed by atoms with van der Waals surface area (Å²) in [5.74, 6) is -1.82. The van der Waals surface area contributed by atoms with E-state index in [1.54, 1.807) is 19.9 Å². The number of carboxylic acids is 1. The van der Waals surface area contributed by atoms with E-state index in [4.69, 9.17) is 0 Å². The molecule has 2 rings (SSSR count). The Morgan fingerprint density at radius 2 is 1.92 bits per heavy atom. The molecular weight excluding hydrogens is 351 g/mol. The highest BCUT2D eigenvalue weighted by Gasteiger charge is 2.39. The van der Waals surface area contributed by atoms with Gasteiger partial charge in [-0.2, -0.15) is 13.2 Å². The van der Waals surface area contributed by atoms with Crippen LogP contribution in [0.4, 0.5) is 13.2 Å². The highest BCUT2D eigenvalue weighted by molar-refractivity contribution is 8.01. The molecule has 0 aliphatic carbocycles. The number of allylic oxidation sites excluding steroid dienone is 1. The third kappa shape index (κ3) is 4.26. The summed E-state index contributed by atoms with van der Waals surface area (Å²) in [6.07, 6.45) is -4.48. The number of alkyl halides is 3. The van der Waals surface area contributed by atoms with Gasteiger partial charge in [-0.15, -0.1) is 11.8 Å². The van der Waals surface area contributed by atoms with Crippen molar-refractivity contribution in [2.24, 2.45) is 4.99 Å². The molecule has 25 heavy (non-hydrogen) atoms. The van der Waals surface area contributed by atoms with Crippen molar-refractivity contribution in [3.63, 3.8) is 0 Å². The fourth-order valence-corrected chi connectivity index (χ4v) is 4.30. The second-order valence-corrected chi connectivity index (χ2v) is 7.99. The van der Waals surface area contributed by atoms with Crippen molar-refractivity contribution in [3.05, 3.63) is 46.7 Å². The first-order valence-electron chi connectivity index (χ1n) is 7.84. The molecule has 7 heteroatoms. The molecule has 3 nitrogen and oxygen atoms in total.